The average molecular weight is 821 g/mol. The Labute approximate surface area is 367 Å². The molecule has 294 valence electrons. The Morgan fingerprint density at radius 2 is 0.857 bits per heavy atom. The fraction of sp³-hybridized carbons (Fsp3) is 0. The zero-order valence-electron chi connectivity index (χ0n) is 34.0. The molecule has 0 atom stereocenters. The van der Waals surface area contributed by atoms with E-state index < -0.39 is 0 Å². The second-order valence-electron chi connectivity index (χ2n) is 16.1. The van der Waals surface area contributed by atoms with Gasteiger partial charge in [0, 0.05) is 54.0 Å². The number of fused-ring (bicyclic) bond motifs is 9. The Hall–Kier alpha value is -8.12. The predicted molar refractivity (Wildman–Crippen MR) is 265 cm³/mol. The highest BCUT2D eigenvalue weighted by Crippen LogP contribution is 2.47. The van der Waals surface area contributed by atoms with Gasteiger partial charge >= 0.3 is 0 Å². The van der Waals surface area contributed by atoms with Crippen LogP contribution in [0.2, 0.25) is 0 Å². The summed E-state index contributed by atoms with van der Waals surface area (Å²) < 4.78 is 7.16. The summed E-state index contributed by atoms with van der Waals surface area (Å²) in [4.78, 5) is 10.8. The summed E-state index contributed by atoms with van der Waals surface area (Å²) in [6, 6.07) is 78.6. The minimum atomic E-state index is 0.715. The minimum absolute atomic E-state index is 0.715. The average Bonchev–Trinajstić information content (AvgIpc) is 4.02. The van der Waals surface area contributed by atoms with Gasteiger partial charge in [0.1, 0.15) is 0 Å². The van der Waals surface area contributed by atoms with Crippen molar-refractivity contribution in [2.75, 3.05) is 0 Å². The number of hydrogen-bond acceptors (Lipinski definition) is 3. The molecular weight excluding hydrogens is 785 g/mol. The molecule has 0 spiro atoms. The maximum Gasteiger partial charge on any atom is 0.160 e. The van der Waals surface area contributed by atoms with Gasteiger partial charge in [-0.25, -0.2) is 9.97 Å². The Kier molecular flexibility index (Phi) is 8.05. The number of aromatic nitrogens is 4. The Balaban J connectivity index is 1.13. The van der Waals surface area contributed by atoms with Crippen molar-refractivity contribution in [1.29, 1.82) is 0 Å². The molecule has 9 aromatic carbocycles. The molecule has 0 unspecified atom stereocenters. The van der Waals surface area contributed by atoms with Crippen LogP contribution >= 0.6 is 11.3 Å². The number of nitrogens with zero attached hydrogens (tertiary/aromatic N) is 4. The summed E-state index contributed by atoms with van der Waals surface area (Å²) in [5.41, 5.74) is 15.4. The Bertz CT molecular complexity index is 3850. The molecule has 4 aromatic heterocycles. The highest BCUT2D eigenvalue weighted by atomic mass is 32.1. The predicted octanol–water partition coefficient (Wildman–Crippen LogP) is 15.7. The molecule has 63 heavy (non-hydrogen) atoms. The molecule has 0 radical (unpaired) electrons. The molecule has 0 bridgehead atoms. The summed E-state index contributed by atoms with van der Waals surface area (Å²) in [5, 5.41) is 6.05. The van der Waals surface area contributed by atoms with E-state index in [0.29, 0.717) is 5.82 Å². The van der Waals surface area contributed by atoms with Gasteiger partial charge in [-0.15, -0.1) is 11.3 Å². The lowest BCUT2D eigenvalue weighted by molar-refractivity contribution is 1.17. The zero-order valence-corrected chi connectivity index (χ0v) is 34.8. The largest absolute Gasteiger partial charge is 0.309 e. The summed E-state index contributed by atoms with van der Waals surface area (Å²) >= 11 is 1.77. The Morgan fingerprint density at radius 3 is 1.51 bits per heavy atom. The van der Waals surface area contributed by atoms with E-state index in [4.69, 9.17) is 9.97 Å². The van der Waals surface area contributed by atoms with Crippen molar-refractivity contribution >= 4 is 75.3 Å². The van der Waals surface area contributed by atoms with Crippen LogP contribution in [-0.2, 0) is 0 Å². The van der Waals surface area contributed by atoms with Crippen LogP contribution in [0.25, 0.3) is 120 Å². The van der Waals surface area contributed by atoms with Gasteiger partial charge in [0.25, 0.3) is 0 Å². The van der Waals surface area contributed by atoms with Gasteiger partial charge < -0.3 is 9.13 Å². The first-order chi connectivity index (χ1) is 31.3. The van der Waals surface area contributed by atoms with Gasteiger partial charge in [-0.1, -0.05) is 164 Å². The van der Waals surface area contributed by atoms with Crippen LogP contribution in [0.5, 0.6) is 0 Å². The molecule has 13 rings (SSSR count). The molecule has 4 nitrogen and oxygen atoms in total. The van der Waals surface area contributed by atoms with Crippen molar-refractivity contribution < 1.29 is 0 Å². The van der Waals surface area contributed by atoms with E-state index in [1.54, 1.807) is 11.3 Å². The number of para-hydroxylation sites is 3. The van der Waals surface area contributed by atoms with E-state index in [2.05, 4.69) is 221 Å². The Morgan fingerprint density at radius 1 is 0.349 bits per heavy atom. The lowest BCUT2D eigenvalue weighted by atomic mass is 9.91. The number of thiophene rings is 1. The zero-order chi connectivity index (χ0) is 41.4. The van der Waals surface area contributed by atoms with Crippen molar-refractivity contribution in [2.45, 2.75) is 0 Å². The van der Waals surface area contributed by atoms with Gasteiger partial charge in [0.15, 0.2) is 5.82 Å². The van der Waals surface area contributed by atoms with Crippen molar-refractivity contribution in [3.63, 3.8) is 0 Å². The van der Waals surface area contributed by atoms with Crippen LogP contribution in [0.15, 0.2) is 218 Å². The molecule has 4 heterocycles. The topological polar surface area (TPSA) is 35.6 Å². The molecule has 0 aliphatic rings. The minimum Gasteiger partial charge on any atom is -0.309 e. The quantitative estimate of drug-likeness (QED) is 0.167. The lowest BCUT2D eigenvalue weighted by Crippen LogP contribution is -2.01. The maximum atomic E-state index is 5.52. The lowest BCUT2D eigenvalue weighted by Gasteiger charge is -2.20. The molecule has 0 saturated heterocycles. The third-order valence-electron chi connectivity index (χ3n) is 12.5. The maximum absolute atomic E-state index is 5.52. The van der Waals surface area contributed by atoms with Crippen LogP contribution in [0.4, 0.5) is 0 Å². The van der Waals surface area contributed by atoms with Gasteiger partial charge in [-0.05, 0) is 71.3 Å². The number of benzene rings is 9. The van der Waals surface area contributed by atoms with Gasteiger partial charge in [0.2, 0.25) is 0 Å². The highest BCUT2D eigenvalue weighted by molar-refractivity contribution is 7.26. The van der Waals surface area contributed by atoms with E-state index in [1.165, 1.54) is 37.3 Å². The fourth-order valence-corrected chi connectivity index (χ4v) is 10.9. The second-order valence-corrected chi connectivity index (χ2v) is 17.2. The monoisotopic (exact) mass is 820 g/mol. The smallest absolute Gasteiger partial charge is 0.160 e. The van der Waals surface area contributed by atoms with Crippen LogP contribution in [0, 0.1) is 0 Å². The third-order valence-corrected chi connectivity index (χ3v) is 13.7. The molecule has 0 saturated carbocycles. The van der Waals surface area contributed by atoms with Crippen molar-refractivity contribution in [2.24, 2.45) is 0 Å². The summed E-state index contributed by atoms with van der Waals surface area (Å²) in [5.74, 6) is 0.715. The molecule has 0 amide bonds. The summed E-state index contributed by atoms with van der Waals surface area (Å²) in [6.45, 7) is 0. The van der Waals surface area contributed by atoms with Crippen LogP contribution in [-0.4, -0.2) is 19.1 Å². The first-order valence-corrected chi connectivity index (χ1v) is 22.1. The van der Waals surface area contributed by atoms with Gasteiger partial charge in [-0.3, -0.25) is 0 Å². The number of rotatable bonds is 6. The normalized spacial score (nSPS) is 11.8. The second kappa shape index (κ2) is 14.2. The molecule has 0 aliphatic carbocycles. The molecular formula is C58H36N4S. The third kappa shape index (κ3) is 5.60. The molecule has 13 aromatic rings. The van der Waals surface area contributed by atoms with Crippen LogP contribution in [0.3, 0.4) is 0 Å². The van der Waals surface area contributed by atoms with E-state index in [0.717, 1.165) is 77.1 Å². The van der Waals surface area contributed by atoms with E-state index in [9.17, 15) is 0 Å². The van der Waals surface area contributed by atoms with Crippen molar-refractivity contribution in [3.8, 4) is 56.3 Å². The van der Waals surface area contributed by atoms with E-state index in [1.807, 2.05) is 6.07 Å². The molecule has 0 N–H and O–H groups in total. The molecule has 0 fully saturated rings. The van der Waals surface area contributed by atoms with Crippen LogP contribution in [0.1, 0.15) is 0 Å². The first kappa shape index (κ1) is 35.6. The van der Waals surface area contributed by atoms with Crippen molar-refractivity contribution in [3.05, 3.63) is 218 Å². The van der Waals surface area contributed by atoms with E-state index in [-0.39, 0.29) is 0 Å². The summed E-state index contributed by atoms with van der Waals surface area (Å²) in [7, 11) is 0. The molecule has 0 aliphatic heterocycles. The standard InChI is InChI=1S/C58H36N4S/c1-4-18-37(19-5-1)45-36-53(62-51-30-16-12-26-43(51)47-34-40(32-33-52(47)62)61-49-28-14-10-24-41(49)42-25-11-15-29-50(42)61)46(38-20-6-2-7-21-38)35-48(45)56-57-55(44-27-13-17-31-54(44)63-57)59-58(60-56)39-22-8-3-9-23-39/h1-36H. The summed E-state index contributed by atoms with van der Waals surface area (Å²) in [6.07, 6.45) is 0. The highest BCUT2D eigenvalue weighted by Gasteiger charge is 2.24. The fourth-order valence-electron chi connectivity index (χ4n) is 9.72. The molecule has 5 heteroatoms. The van der Waals surface area contributed by atoms with Gasteiger partial charge in [0.05, 0.1) is 43.7 Å². The SMILES string of the molecule is c1ccc(-c2nc(-c3cc(-c4ccccc4)c(-n4c5ccccc5c5cc(-n6c7ccccc7c7ccccc76)ccc54)cc3-c3ccccc3)c3sc4ccccc4c3n2)cc1. The van der Waals surface area contributed by atoms with Crippen LogP contribution < -0.4 is 0 Å². The van der Waals surface area contributed by atoms with Crippen molar-refractivity contribution in [1.82, 2.24) is 19.1 Å². The first-order valence-electron chi connectivity index (χ1n) is 21.3. The van der Waals surface area contributed by atoms with E-state index >= 15 is 0 Å². The number of hydrogen-bond donors (Lipinski definition) is 0. The van der Waals surface area contributed by atoms with Gasteiger partial charge in [-0.2, -0.15) is 0 Å².